The van der Waals surface area contributed by atoms with Crippen LogP contribution in [0, 0.1) is 0 Å². The highest BCUT2D eigenvalue weighted by Crippen LogP contribution is 2.14. The van der Waals surface area contributed by atoms with Crippen molar-refractivity contribution in [2.24, 2.45) is 0 Å². The molecule has 0 bridgehead atoms. The predicted octanol–water partition coefficient (Wildman–Crippen LogP) is 22.7. The first-order chi connectivity index (χ1) is 40.0. The predicted molar refractivity (Wildman–Crippen MR) is 352 cm³/mol. The minimum atomic E-state index is -0.810. The van der Waals surface area contributed by atoms with Crippen LogP contribution in [0.15, 0.2) is 170 Å². The van der Waals surface area contributed by atoms with Gasteiger partial charge < -0.3 is 14.2 Å². The van der Waals surface area contributed by atoms with Gasteiger partial charge in [0.25, 0.3) is 0 Å². The van der Waals surface area contributed by atoms with E-state index in [4.69, 9.17) is 14.2 Å². The van der Waals surface area contributed by atoms with E-state index in [0.29, 0.717) is 19.3 Å². The highest BCUT2D eigenvalue weighted by Gasteiger charge is 2.19. The third-order valence-corrected chi connectivity index (χ3v) is 13.2. The molecular weight excluding hydrogens is 997 g/mol. The first-order valence-corrected chi connectivity index (χ1v) is 32.6. The third kappa shape index (κ3) is 65.5. The summed E-state index contributed by atoms with van der Waals surface area (Å²) in [6.45, 7) is 6.30. The second-order valence-corrected chi connectivity index (χ2v) is 20.9. The lowest BCUT2D eigenvalue weighted by Crippen LogP contribution is -2.30. The minimum Gasteiger partial charge on any atom is -0.462 e. The molecule has 6 heteroatoms. The number of hydrogen-bond donors (Lipinski definition) is 0. The van der Waals surface area contributed by atoms with Crippen molar-refractivity contribution in [1.82, 2.24) is 0 Å². The fraction of sp³-hybridized carbons (Fsp3) is 0.587. The Kier molecular flexibility index (Phi) is 62.9. The van der Waals surface area contributed by atoms with Crippen molar-refractivity contribution in [1.29, 1.82) is 0 Å². The zero-order valence-corrected chi connectivity index (χ0v) is 52.0. The van der Waals surface area contributed by atoms with Crippen LogP contribution in [0.3, 0.4) is 0 Å². The van der Waals surface area contributed by atoms with E-state index in [0.717, 1.165) is 186 Å². The van der Waals surface area contributed by atoms with Gasteiger partial charge in [-0.1, -0.05) is 268 Å². The number of hydrogen-bond acceptors (Lipinski definition) is 6. The second kappa shape index (κ2) is 67.3. The van der Waals surface area contributed by atoms with Crippen LogP contribution in [0.2, 0.25) is 0 Å². The number of carbonyl (C=O) groups excluding carboxylic acids is 3. The highest BCUT2D eigenvalue weighted by atomic mass is 16.6. The topological polar surface area (TPSA) is 78.9 Å². The summed E-state index contributed by atoms with van der Waals surface area (Å²) in [5.74, 6) is -0.955. The van der Waals surface area contributed by atoms with Crippen molar-refractivity contribution in [3.8, 4) is 0 Å². The Morgan fingerprint density at radius 2 is 0.481 bits per heavy atom. The van der Waals surface area contributed by atoms with Crippen molar-refractivity contribution in [2.45, 2.75) is 271 Å². The van der Waals surface area contributed by atoms with Crippen LogP contribution in [0.4, 0.5) is 0 Å². The van der Waals surface area contributed by atoms with Gasteiger partial charge in [-0.25, -0.2) is 0 Å². The van der Waals surface area contributed by atoms with Crippen LogP contribution in [-0.4, -0.2) is 37.2 Å². The van der Waals surface area contributed by atoms with E-state index in [2.05, 4.69) is 191 Å². The van der Waals surface area contributed by atoms with Gasteiger partial charge in [0.2, 0.25) is 0 Å². The van der Waals surface area contributed by atoms with E-state index >= 15 is 0 Å². The lowest BCUT2D eigenvalue weighted by molar-refractivity contribution is -0.167. The van der Waals surface area contributed by atoms with Gasteiger partial charge in [-0.3, -0.25) is 14.4 Å². The Labute approximate surface area is 498 Å². The van der Waals surface area contributed by atoms with Crippen LogP contribution in [0.1, 0.15) is 265 Å². The van der Waals surface area contributed by atoms with Crippen molar-refractivity contribution >= 4 is 17.9 Å². The molecule has 0 saturated heterocycles. The molecule has 0 spiro atoms. The molecule has 0 aromatic rings. The van der Waals surface area contributed by atoms with Gasteiger partial charge in [0, 0.05) is 19.3 Å². The lowest BCUT2D eigenvalue weighted by Gasteiger charge is -2.18. The maximum Gasteiger partial charge on any atom is 0.306 e. The molecule has 0 fully saturated rings. The average molecular weight is 1120 g/mol. The number of unbranched alkanes of at least 4 members (excludes halogenated alkanes) is 18. The molecule has 0 radical (unpaired) electrons. The molecule has 0 aliphatic carbocycles. The fourth-order valence-corrected chi connectivity index (χ4v) is 8.37. The normalized spacial score (nSPS) is 13.3. The Hall–Kier alpha value is -5.23. The molecular formula is C75H118O6. The number of ether oxygens (including phenoxy) is 3. The SMILES string of the molecule is CC/C=C\C/C=C\C/C=C\C/C=C\C/C=C\C/C=C\C/C=C\C/C=C\CCCCCCC(=O)OCC(COC(=O)CCCCCCC/C=C\C/C=C\CCC)OC(=O)CCCCCCCCCC/C=C\C/C=C\C/C=C\C/C=C\CC. The monoisotopic (exact) mass is 1110 g/mol. The second-order valence-electron chi connectivity index (χ2n) is 20.9. The summed E-state index contributed by atoms with van der Waals surface area (Å²) in [4.78, 5) is 38.3. The molecule has 0 aromatic heterocycles. The van der Waals surface area contributed by atoms with Crippen molar-refractivity contribution < 1.29 is 28.6 Å². The third-order valence-electron chi connectivity index (χ3n) is 13.2. The molecule has 0 saturated carbocycles. The number of allylic oxidation sites excluding steroid dienone is 28. The minimum absolute atomic E-state index is 0.104. The average Bonchev–Trinajstić information content (AvgIpc) is 3.46. The van der Waals surface area contributed by atoms with E-state index < -0.39 is 6.10 Å². The molecule has 0 heterocycles. The van der Waals surface area contributed by atoms with Gasteiger partial charge in [0.1, 0.15) is 13.2 Å². The Morgan fingerprint density at radius 1 is 0.259 bits per heavy atom. The highest BCUT2D eigenvalue weighted by molar-refractivity contribution is 5.71. The summed E-state index contributed by atoms with van der Waals surface area (Å²) in [7, 11) is 0. The zero-order valence-electron chi connectivity index (χ0n) is 52.0. The lowest BCUT2D eigenvalue weighted by atomic mass is 10.1. The van der Waals surface area contributed by atoms with Gasteiger partial charge in [-0.05, 0) is 148 Å². The summed E-state index contributed by atoms with van der Waals surface area (Å²) in [5, 5.41) is 0. The van der Waals surface area contributed by atoms with Gasteiger partial charge in [0.15, 0.2) is 6.10 Å². The molecule has 0 amide bonds. The van der Waals surface area contributed by atoms with E-state index in [1.807, 2.05) is 0 Å². The molecule has 0 aromatic carbocycles. The molecule has 0 aliphatic heterocycles. The van der Waals surface area contributed by atoms with Gasteiger partial charge in [-0.2, -0.15) is 0 Å². The van der Waals surface area contributed by atoms with Crippen LogP contribution < -0.4 is 0 Å². The van der Waals surface area contributed by atoms with Crippen LogP contribution >= 0.6 is 0 Å². The van der Waals surface area contributed by atoms with E-state index in [9.17, 15) is 14.4 Å². The summed E-state index contributed by atoms with van der Waals surface area (Å²) in [6, 6.07) is 0. The standard InChI is InChI=1S/C75H118O6/c1-4-7-10-13-16-19-22-25-27-29-31-33-34-35-36-37-38-39-40-42-43-45-47-50-53-56-59-62-65-68-74(77)80-71-72(70-79-73(76)67-64-61-58-55-52-49-24-21-18-15-12-9-6-3)81-75(78)69-66-63-60-57-54-51-48-46-44-41-32-30-28-26-23-20-17-14-11-8-5-2/h7-8,10-12,15-17,19-21,24-28,31-33,35-36,38-39,41-43,47,50,72H,4-6,9,13-14,18,22-23,29-30,34,37,40,44-46,48-49,51-71H2,1-3H3/b10-7-,11-8-,15-12-,19-16-,20-17-,24-21-,27-25-,28-26-,33-31-,36-35-,39-38-,41-32-,43-42-,50-47-. The van der Waals surface area contributed by atoms with Crippen LogP contribution in [-0.2, 0) is 28.6 Å². The molecule has 1 unspecified atom stereocenters. The number of carbonyl (C=O) groups is 3. The zero-order chi connectivity index (χ0) is 58.5. The summed E-state index contributed by atoms with van der Waals surface area (Å²) in [6.07, 6.45) is 99.3. The molecule has 0 rings (SSSR count). The van der Waals surface area contributed by atoms with E-state index in [1.54, 1.807) is 0 Å². The first-order valence-electron chi connectivity index (χ1n) is 32.6. The van der Waals surface area contributed by atoms with Crippen LogP contribution in [0.5, 0.6) is 0 Å². The van der Waals surface area contributed by atoms with Gasteiger partial charge >= 0.3 is 17.9 Å². The molecule has 6 nitrogen and oxygen atoms in total. The molecule has 0 aliphatic rings. The Balaban J connectivity index is 4.43. The molecule has 81 heavy (non-hydrogen) atoms. The van der Waals surface area contributed by atoms with Crippen molar-refractivity contribution in [2.75, 3.05) is 13.2 Å². The summed E-state index contributed by atoms with van der Waals surface area (Å²) >= 11 is 0. The van der Waals surface area contributed by atoms with Gasteiger partial charge in [0.05, 0.1) is 0 Å². The fourth-order valence-electron chi connectivity index (χ4n) is 8.37. The molecule has 454 valence electrons. The van der Waals surface area contributed by atoms with Crippen LogP contribution in [0.25, 0.3) is 0 Å². The first kappa shape index (κ1) is 75.8. The summed E-state index contributed by atoms with van der Waals surface area (Å²) < 4.78 is 16.9. The Morgan fingerprint density at radius 3 is 0.753 bits per heavy atom. The van der Waals surface area contributed by atoms with E-state index in [-0.39, 0.29) is 31.1 Å². The number of esters is 3. The maximum absolute atomic E-state index is 12.9. The largest absolute Gasteiger partial charge is 0.462 e. The van der Waals surface area contributed by atoms with E-state index in [1.165, 1.54) is 38.5 Å². The summed E-state index contributed by atoms with van der Waals surface area (Å²) in [5.41, 5.74) is 0. The van der Waals surface area contributed by atoms with Crippen molar-refractivity contribution in [3.63, 3.8) is 0 Å². The molecule has 0 N–H and O–H groups in total. The Bertz CT molecular complexity index is 1860. The maximum atomic E-state index is 12.9. The molecule has 1 atom stereocenters. The quantitative estimate of drug-likeness (QED) is 0.0261. The van der Waals surface area contributed by atoms with Gasteiger partial charge in [-0.15, -0.1) is 0 Å². The number of rotatable bonds is 57. The smallest absolute Gasteiger partial charge is 0.306 e. The van der Waals surface area contributed by atoms with Crippen molar-refractivity contribution in [3.05, 3.63) is 170 Å².